The highest BCUT2D eigenvalue weighted by Crippen LogP contribution is 2.28. The van der Waals surface area contributed by atoms with Crippen molar-refractivity contribution in [2.45, 2.75) is 31.7 Å². The van der Waals surface area contributed by atoms with Crippen molar-refractivity contribution in [2.24, 2.45) is 5.92 Å². The Hall–Kier alpha value is -1.96. The van der Waals surface area contributed by atoms with E-state index in [1.54, 1.807) is 6.07 Å². The van der Waals surface area contributed by atoms with E-state index in [1.165, 1.54) is 18.2 Å². The molecule has 0 aliphatic carbocycles. The summed E-state index contributed by atoms with van der Waals surface area (Å²) < 4.78 is 41.0. The molecule has 3 rings (SSSR count). The number of halogens is 3. The Morgan fingerprint density at radius 2 is 2.00 bits per heavy atom. The van der Waals surface area contributed by atoms with E-state index >= 15 is 0 Å². The molecule has 2 N–H and O–H groups in total. The quantitative estimate of drug-likeness (QED) is 0.868. The number of alkyl halides is 3. The van der Waals surface area contributed by atoms with Crippen LogP contribution in [0.5, 0.6) is 5.75 Å². The van der Waals surface area contributed by atoms with Crippen LogP contribution in [0, 0.1) is 5.92 Å². The van der Waals surface area contributed by atoms with Gasteiger partial charge >= 0.3 is 6.36 Å². The number of piperidine rings is 1. The Kier molecular flexibility index (Phi) is 5.36. The van der Waals surface area contributed by atoms with Crippen molar-refractivity contribution >= 4 is 11.6 Å². The number of carbonyl (C=O) groups is 1. The lowest BCUT2D eigenvalue weighted by Crippen LogP contribution is -2.43. The number of nitrogens with zero attached hydrogens (tertiary/aromatic N) is 1. The fourth-order valence-electron chi connectivity index (χ4n) is 3.39. The van der Waals surface area contributed by atoms with Crippen LogP contribution in [0.15, 0.2) is 24.3 Å². The molecule has 0 spiro atoms. The van der Waals surface area contributed by atoms with Crippen molar-refractivity contribution in [3.05, 3.63) is 24.3 Å². The predicted octanol–water partition coefficient (Wildman–Crippen LogP) is 2.28. The van der Waals surface area contributed by atoms with Gasteiger partial charge in [-0.2, -0.15) is 0 Å². The van der Waals surface area contributed by atoms with Crippen molar-refractivity contribution in [2.75, 3.05) is 31.1 Å². The Morgan fingerprint density at radius 1 is 1.24 bits per heavy atom. The number of nitrogens with one attached hydrogen (secondary N) is 2. The standard InChI is InChI=1S/C17H22F3N3O2/c18-17(19,20)25-15-3-1-2-14(10-15)23-9-6-13(11-23)22-16(24)12-4-7-21-8-5-12/h1-3,10,12-13,21H,4-9,11H2,(H,22,24). The summed E-state index contributed by atoms with van der Waals surface area (Å²) in [7, 11) is 0. The van der Waals surface area contributed by atoms with E-state index in [-0.39, 0.29) is 23.6 Å². The maximum Gasteiger partial charge on any atom is 0.573 e. The predicted molar refractivity (Wildman–Crippen MR) is 87.5 cm³/mol. The first kappa shape index (κ1) is 17.8. The van der Waals surface area contributed by atoms with Crippen molar-refractivity contribution in [1.29, 1.82) is 0 Å². The Bertz CT molecular complexity index is 603. The van der Waals surface area contributed by atoms with Crippen LogP contribution in [-0.4, -0.2) is 44.5 Å². The van der Waals surface area contributed by atoms with Gasteiger partial charge in [0, 0.05) is 36.8 Å². The molecule has 1 aromatic carbocycles. The number of hydrogen-bond acceptors (Lipinski definition) is 4. The van der Waals surface area contributed by atoms with Gasteiger partial charge < -0.3 is 20.3 Å². The second-order valence-corrected chi connectivity index (χ2v) is 6.51. The number of carbonyl (C=O) groups excluding carboxylic acids is 1. The van der Waals surface area contributed by atoms with Crippen LogP contribution >= 0.6 is 0 Å². The van der Waals surface area contributed by atoms with Gasteiger partial charge in [-0.25, -0.2) is 0 Å². The monoisotopic (exact) mass is 357 g/mol. The van der Waals surface area contributed by atoms with Crippen LogP contribution in [0.4, 0.5) is 18.9 Å². The van der Waals surface area contributed by atoms with Gasteiger partial charge in [-0.3, -0.25) is 4.79 Å². The molecule has 1 atom stereocenters. The van der Waals surface area contributed by atoms with E-state index in [4.69, 9.17) is 0 Å². The minimum atomic E-state index is -4.70. The van der Waals surface area contributed by atoms with Gasteiger partial charge in [0.1, 0.15) is 5.75 Å². The molecule has 0 bridgehead atoms. The molecule has 0 aromatic heterocycles. The number of anilines is 1. The van der Waals surface area contributed by atoms with E-state index in [9.17, 15) is 18.0 Å². The summed E-state index contributed by atoms with van der Waals surface area (Å²) in [5, 5.41) is 6.31. The fourth-order valence-corrected chi connectivity index (χ4v) is 3.39. The molecule has 25 heavy (non-hydrogen) atoms. The lowest BCUT2D eigenvalue weighted by molar-refractivity contribution is -0.274. The van der Waals surface area contributed by atoms with Gasteiger partial charge in [0.25, 0.3) is 0 Å². The average Bonchev–Trinajstić information content (AvgIpc) is 3.03. The third kappa shape index (κ3) is 5.01. The summed E-state index contributed by atoms with van der Waals surface area (Å²) in [5.41, 5.74) is 0.667. The molecule has 2 aliphatic rings. The number of amides is 1. The van der Waals surface area contributed by atoms with Gasteiger partial charge in [-0.1, -0.05) is 6.07 Å². The minimum absolute atomic E-state index is 0.0228. The largest absolute Gasteiger partial charge is 0.573 e. The first-order chi connectivity index (χ1) is 11.9. The lowest BCUT2D eigenvalue weighted by Gasteiger charge is -2.24. The zero-order valence-electron chi connectivity index (χ0n) is 13.8. The molecule has 1 unspecified atom stereocenters. The smallest absolute Gasteiger partial charge is 0.406 e. The second kappa shape index (κ2) is 7.51. The van der Waals surface area contributed by atoms with Gasteiger partial charge in [0.05, 0.1) is 0 Å². The molecule has 1 amide bonds. The van der Waals surface area contributed by atoms with E-state index in [1.807, 2.05) is 4.90 Å². The molecular formula is C17H22F3N3O2. The molecule has 5 nitrogen and oxygen atoms in total. The summed E-state index contributed by atoms with van der Waals surface area (Å²) in [6.07, 6.45) is -2.23. The summed E-state index contributed by atoms with van der Waals surface area (Å²) in [6.45, 7) is 3.00. The van der Waals surface area contributed by atoms with E-state index in [2.05, 4.69) is 15.4 Å². The third-order valence-electron chi connectivity index (χ3n) is 4.66. The topological polar surface area (TPSA) is 53.6 Å². The summed E-state index contributed by atoms with van der Waals surface area (Å²) in [6, 6.07) is 5.97. The third-order valence-corrected chi connectivity index (χ3v) is 4.66. The molecule has 1 aromatic rings. The molecular weight excluding hydrogens is 335 g/mol. The van der Waals surface area contributed by atoms with Gasteiger partial charge in [-0.05, 0) is 44.5 Å². The molecule has 0 radical (unpaired) electrons. The van der Waals surface area contributed by atoms with Crippen LogP contribution in [0.1, 0.15) is 19.3 Å². The van der Waals surface area contributed by atoms with E-state index in [0.29, 0.717) is 18.8 Å². The van der Waals surface area contributed by atoms with Crippen LogP contribution < -0.4 is 20.3 Å². The highest BCUT2D eigenvalue weighted by Gasteiger charge is 2.32. The van der Waals surface area contributed by atoms with Crippen LogP contribution in [0.3, 0.4) is 0 Å². The zero-order valence-corrected chi connectivity index (χ0v) is 13.8. The number of ether oxygens (including phenoxy) is 1. The summed E-state index contributed by atoms with van der Waals surface area (Å²) >= 11 is 0. The minimum Gasteiger partial charge on any atom is -0.406 e. The van der Waals surface area contributed by atoms with E-state index < -0.39 is 6.36 Å². The average molecular weight is 357 g/mol. The molecule has 8 heteroatoms. The normalized spacial score (nSPS) is 22.0. The molecule has 2 saturated heterocycles. The Labute approximate surface area is 144 Å². The van der Waals surface area contributed by atoms with Gasteiger partial charge in [0.2, 0.25) is 5.91 Å². The molecule has 2 heterocycles. The first-order valence-electron chi connectivity index (χ1n) is 8.52. The number of benzene rings is 1. The Morgan fingerprint density at radius 3 is 2.72 bits per heavy atom. The molecule has 2 aliphatic heterocycles. The fraction of sp³-hybridized carbons (Fsp3) is 0.588. The lowest BCUT2D eigenvalue weighted by atomic mass is 9.97. The van der Waals surface area contributed by atoms with Gasteiger partial charge in [0.15, 0.2) is 0 Å². The van der Waals surface area contributed by atoms with Crippen molar-refractivity contribution in [1.82, 2.24) is 10.6 Å². The van der Waals surface area contributed by atoms with E-state index in [0.717, 1.165) is 32.4 Å². The van der Waals surface area contributed by atoms with Crippen molar-refractivity contribution in [3.8, 4) is 5.75 Å². The summed E-state index contributed by atoms with van der Waals surface area (Å²) in [5.74, 6) is -0.0893. The first-order valence-corrected chi connectivity index (χ1v) is 8.52. The Balaban J connectivity index is 1.55. The summed E-state index contributed by atoms with van der Waals surface area (Å²) in [4.78, 5) is 14.3. The SMILES string of the molecule is O=C(NC1CCN(c2cccc(OC(F)(F)F)c2)C1)C1CCNCC1. The molecule has 2 fully saturated rings. The highest BCUT2D eigenvalue weighted by atomic mass is 19.4. The highest BCUT2D eigenvalue weighted by molar-refractivity contribution is 5.79. The van der Waals surface area contributed by atoms with Gasteiger partial charge in [-0.15, -0.1) is 13.2 Å². The van der Waals surface area contributed by atoms with Crippen molar-refractivity contribution < 1.29 is 22.7 Å². The zero-order chi connectivity index (χ0) is 17.9. The van der Waals surface area contributed by atoms with Crippen LogP contribution in [0.2, 0.25) is 0 Å². The second-order valence-electron chi connectivity index (χ2n) is 6.51. The van der Waals surface area contributed by atoms with Crippen LogP contribution in [0.25, 0.3) is 0 Å². The number of rotatable bonds is 4. The molecule has 0 saturated carbocycles. The molecule has 138 valence electrons. The maximum atomic E-state index is 12.3. The van der Waals surface area contributed by atoms with Crippen LogP contribution in [-0.2, 0) is 4.79 Å². The number of hydrogen-bond donors (Lipinski definition) is 2. The van der Waals surface area contributed by atoms with Crippen molar-refractivity contribution in [3.63, 3.8) is 0 Å². The maximum absolute atomic E-state index is 12.3.